The van der Waals surface area contributed by atoms with Gasteiger partial charge in [0.05, 0.1) is 6.04 Å². The van der Waals surface area contributed by atoms with Gasteiger partial charge in [-0.25, -0.2) is 0 Å². The van der Waals surface area contributed by atoms with Crippen LogP contribution in [-0.4, -0.2) is 18.5 Å². The molecule has 98 valence electrons. The molecule has 0 fully saturated rings. The first-order chi connectivity index (χ1) is 8.53. The molecule has 1 aliphatic rings. The number of nitrogens with one attached hydrogen (secondary N) is 2. The average molecular weight is 246 g/mol. The topological polar surface area (TPSA) is 41.1 Å². The number of hydrogen-bond donors (Lipinski definition) is 2. The quantitative estimate of drug-likeness (QED) is 0.860. The Morgan fingerprint density at radius 2 is 2.17 bits per heavy atom. The van der Waals surface area contributed by atoms with Gasteiger partial charge in [0.25, 0.3) is 0 Å². The van der Waals surface area contributed by atoms with Crippen molar-refractivity contribution in [2.24, 2.45) is 5.41 Å². The maximum atomic E-state index is 12.1. The molecule has 1 aromatic rings. The van der Waals surface area contributed by atoms with Crippen LogP contribution < -0.4 is 10.6 Å². The highest BCUT2D eigenvalue weighted by atomic mass is 16.2. The highest BCUT2D eigenvalue weighted by Crippen LogP contribution is 2.23. The van der Waals surface area contributed by atoms with Crippen molar-refractivity contribution >= 4 is 11.6 Å². The number of anilines is 1. The fraction of sp³-hybridized carbons (Fsp3) is 0.533. The Labute approximate surface area is 109 Å². The second kappa shape index (κ2) is 5.01. The van der Waals surface area contributed by atoms with Crippen LogP contribution in [0.1, 0.15) is 32.8 Å². The highest BCUT2D eigenvalue weighted by molar-refractivity contribution is 5.82. The summed E-state index contributed by atoms with van der Waals surface area (Å²) in [7, 11) is 0. The van der Waals surface area contributed by atoms with E-state index in [1.165, 1.54) is 11.3 Å². The average Bonchev–Trinajstić information content (AvgIpc) is 2.38. The monoisotopic (exact) mass is 246 g/mol. The standard InChI is InChI=1S/C15H22N2O/c1-4-15(2,3)14(18)17-12-9-11-7-5-6-8-13(11)16-10-12/h5-8,12,16H,4,9-10H2,1-3H3,(H,17,18). The van der Waals surface area contributed by atoms with E-state index in [2.05, 4.69) is 22.8 Å². The molecule has 0 bridgehead atoms. The molecule has 1 aromatic carbocycles. The molecule has 0 aromatic heterocycles. The van der Waals surface area contributed by atoms with Gasteiger partial charge in [-0.05, 0) is 24.5 Å². The second-order valence-corrected chi connectivity index (χ2v) is 5.65. The van der Waals surface area contributed by atoms with Gasteiger partial charge in [-0.3, -0.25) is 4.79 Å². The van der Waals surface area contributed by atoms with E-state index in [4.69, 9.17) is 0 Å². The van der Waals surface area contributed by atoms with Crippen LogP contribution in [0.3, 0.4) is 0 Å². The van der Waals surface area contributed by atoms with Crippen LogP contribution in [0.4, 0.5) is 5.69 Å². The minimum atomic E-state index is -0.281. The van der Waals surface area contributed by atoms with E-state index in [0.29, 0.717) is 0 Å². The number of carbonyl (C=O) groups excluding carboxylic acids is 1. The first-order valence-corrected chi connectivity index (χ1v) is 6.65. The summed E-state index contributed by atoms with van der Waals surface area (Å²) >= 11 is 0. The third-order valence-electron chi connectivity index (χ3n) is 3.86. The zero-order valence-electron chi connectivity index (χ0n) is 11.4. The summed E-state index contributed by atoms with van der Waals surface area (Å²) in [5, 5.41) is 6.52. The SMILES string of the molecule is CCC(C)(C)C(=O)NC1CNc2ccccc2C1. The molecule has 0 saturated carbocycles. The molecule has 0 radical (unpaired) electrons. The van der Waals surface area contributed by atoms with Gasteiger partial charge in [0.1, 0.15) is 0 Å². The Morgan fingerprint density at radius 3 is 2.89 bits per heavy atom. The third kappa shape index (κ3) is 2.66. The van der Waals surface area contributed by atoms with Gasteiger partial charge in [0.15, 0.2) is 0 Å². The Balaban J connectivity index is 2.00. The number of carbonyl (C=O) groups is 1. The lowest BCUT2D eigenvalue weighted by molar-refractivity contribution is -0.130. The number of rotatable bonds is 3. The number of benzene rings is 1. The van der Waals surface area contributed by atoms with E-state index in [-0.39, 0.29) is 17.4 Å². The zero-order valence-corrected chi connectivity index (χ0v) is 11.4. The Morgan fingerprint density at radius 1 is 1.44 bits per heavy atom. The Bertz CT molecular complexity index is 440. The zero-order chi connectivity index (χ0) is 13.2. The van der Waals surface area contributed by atoms with Crippen LogP contribution in [0.5, 0.6) is 0 Å². The fourth-order valence-electron chi connectivity index (χ4n) is 2.08. The lowest BCUT2D eigenvalue weighted by Crippen LogP contribution is -2.48. The predicted octanol–water partition coefficient (Wildman–Crippen LogP) is 2.58. The molecular weight excluding hydrogens is 224 g/mol. The van der Waals surface area contributed by atoms with Gasteiger partial charge < -0.3 is 10.6 Å². The lowest BCUT2D eigenvalue weighted by atomic mass is 9.88. The maximum Gasteiger partial charge on any atom is 0.225 e. The summed E-state index contributed by atoms with van der Waals surface area (Å²) in [6.45, 7) is 6.84. The minimum absolute atomic E-state index is 0.149. The van der Waals surface area contributed by atoms with Crippen LogP contribution in [-0.2, 0) is 11.2 Å². The summed E-state index contributed by atoms with van der Waals surface area (Å²) in [5.74, 6) is 0.149. The summed E-state index contributed by atoms with van der Waals surface area (Å²) < 4.78 is 0. The molecule has 0 spiro atoms. The molecule has 3 heteroatoms. The molecule has 1 atom stereocenters. The van der Waals surface area contributed by atoms with Crippen LogP contribution in [0.2, 0.25) is 0 Å². The van der Waals surface area contributed by atoms with Crippen molar-refractivity contribution in [3.63, 3.8) is 0 Å². The third-order valence-corrected chi connectivity index (χ3v) is 3.86. The van der Waals surface area contributed by atoms with Crippen molar-refractivity contribution in [1.29, 1.82) is 0 Å². The van der Waals surface area contributed by atoms with Crippen molar-refractivity contribution < 1.29 is 4.79 Å². The maximum absolute atomic E-state index is 12.1. The second-order valence-electron chi connectivity index (χ2n) is 5.65. The van der Waals surface area contributed by atoms with Gasteiger partial charge in [-0.2, -0.15) is 0 Å². The van der Waals surface area contributed by atoms with Crippen molar-refractivity contribution in [3.05, 3.63) is 29.8 Å². The van der Waals surface area contributed by atoms with E-state index < -0.39 is 0 Å². The van der Waals surface area contributed by atoms with Crippen molar-refractivity contribution in [2.45, 2.75) is 39.7 Å². The molecule has 1 heterocycles. The number of para-hydroxylation sites is 1. The number of amides is 1. The van der Waals surface area contributed by atoms with Gasteiger partial charge in [-0.15, -0.1) is 0 Å². The molecule has 1 amide bonds. The molecule has 1 aliphatic heterocycles. The van der Waals surface area contributed by atoms with Gasteiger partial charge in [0, 0.05) is 17.6 Å². The first kappa shape index (κ1) is 12.9. The van der Waals surface area contributed by atoms with E-state index in [1.54, 1.807) is 0 Å². The summed E-state index contributed by atoms with van der Waals surface area (Å²) in [6, 6.07) is 8.47. The van der Waals surface area contributed by atoms with E-state index in [9.17, 15) is 4.79 Å². The van der Waals surface area contributed by atoms with E-state index in [1.807, 2.05) is 32.9 Å². The Kier molecular flexibility index (Phi) is 3.60. The largest absolute Gasteiger partial charge is 0.383 e. The van der Waals surface area contributed by atoms with Crippen LogP contribution in [0.25, 0.3) is 0 Å². The highest BCUT2D eigenvalue weighted by Gasteiger charge is 2.28. The van der Waals surface area contributed by atoms with Crippen molar-refractivity contribution in [1.82, 2.24) is 5.32 Å². The van der Waals surface area contributed by atoms with Crippen LogP contribution in [0, 0.1) is 5.41 Å². The summed E-state index contributed by atoms with van der Waals surface area (Å²) in [6.07, 6.45) is 1.77. The molecule has 18 heavy (non-hydrogen) atoms. The molecular formula is C15H22N2O. The normalized spacial score (nSPS) is 18.7. The lowest BCUT2D eigenvalue weighted by Gasteiger charge is -2.30. The summed E-state index contributed by atoms with van der Waals surface area (Å²) in [4.78, 5) is 12.1. The molecule has 3 nitrogen and oxygen atoms in total. The smallest absolute Gasteiger partial charge is 0.225 e. The fourth-order valence-corrected chi connectivity index (χ4v) is 2.08. The van der Waals surface area contributed by atoms with E-state index in [0.717, 1.165) is 19.4 Å². The van der Waals surface area contributed by atoms with Crippen molar-refractivity contribution in [2.75, 3.05) is 11.9 Å². The van der Waals surface area contributed by atoms with E-state index >= 15 is 0 Å². The van der Waals surface area contributed by atoms with Crippen LogP contribution in [0.15, 0.2) is 24.3 Å². The van der Waals surface area contributed by atoms with Gasteiger partial charge in [-0.1, -0.05) is 39.0 Å². The van der Waals surface area contributed by atoms with Crippen molar-refractivity contribution in [3.8, 4) is 0 Å². The number of hydrogen-bond acceptors (Lipinski definition) is 2. The molecule has 1 unspecified atom stereocenters. The summed E-state index contributed by atoms with van der Waals surface area (Å²) in [5.41, 5.74) is 2.19. The first-order valence-electron chi connectivity index (χ1n) is 6.65. The van der Waals surface area contributed by atoms with Crippen LogP contribution >= 0.6 is 0 Å². The minimum Gasteiger partial charge on any atom is -0.383 e. The van der Waals surface area contributed by atoms with Gasteiger partial charge in [0.2, 0.25) is 5.91 Å². The molecule has 0 aliphatic carbocycles. The molecule has 2 rings (SSSR count). The Hall–Kier alpha value is -1.51. The molecule has 2 N–H and O–H groups in total. The number of fused-ring (bicyclic) bond motifs is 1. The van der Waals surface area contributed by atoms with Gasteiger partial charge >= 0.3 is 0 Å². The molecule has 0 saturated heterocycles. The predicted molar refractivity (Wildman–Crippen MR) is 74.6 cm³/mol.